The van der Waals surface area contributed by atoms with Crippen molar-refractivity contribution in [3.8, 4) is 0 Å². The molecule has 0 fully saturated rings. The van der Waals surface area contributed by atoms with Crippen LogP contribution in [0.1, 0.15) is 36.8 Å². The van der Waals surface area contributed by atoms with Gasteiger partial charge in [-0.05, 0) is 36.4 Å². The predicted octanol–water partition coefficient (Wildman–Crippen LogP) is 3.16. The van der Waals surface area contributed by atoms with Gasteiger partial charge in [0.1, 0.15) is 0 Å². The number of aromatic amines is 1. The zero-order valence-electron chi connectivity index (χ0n) is 15.7. The molecule has 28 heavy (non-hydrogen) atoms. The van der Waals surface area contributed by atoms with Crippen molar-refractivity contribution in [2.24, 2.45) is 0 Å². The van der Waals surface area contributed by atoms with Crippen molar-refractivity contribution in [2.75, 3.05) is 10.0 Å². The highest BCUT2D eigenvalue weighted by molar-refractivity contribution is 7.92. The van der Waals surface area contributed by atoms with Crippen LogP contribution in [-0.2, 0) is 15.4 Å². The lowest BCUT2D eigenvalue weighted by Crippen LogP contribution is -2.15. The van der Waals surface area contributed by atoms with E-state index in [0.29, 0.717) is 17.1 Å². The molecule has 0 atom stereocenters. The molecule has 0 unspecified atom stereocenters. The first-order valence-corrected chi connectivity index (χ1v) is 10.0. The number of pyridine rings is 1. The van der Waals surface area contributed by atoms with Crippen LogP contribution in [0, 0.1) is 0 Å². The molecule has 0 radical (unpaired) electrons. The second kappa shape index (κ2) is 7.43. The van der Waals surface area contributed by atoms with Gasteiger partial charge in [-0.25, -0.2) is 8.42 Å². The summed E-state index contributed by atoms with van der Waals surface area (Å²) in [6.45, 7) is 6.10. The lowest BCUT2D eigenvalue weighted by molar-refractivity contribution is 0.102. The highest BCUT2D eigenvalue weighted by Gasteiger charge is 2.18. The van der Waals surface area contributed by atoms with Gasteiger partial charge in [0.15, 0.2) is 5.82 Å². The van der Waals surface area contributed by atoms with Gasteiger partial charge in [0.05, 0.1) is 10.6 Å². The summed E-state index contributed by atoms with van der Waals surface area (Å²) in [7, 11) is -3.75. The van der Waals surface area contributed by atoms with E-state index in [1.54, 1.807) is 18.2 Å². The van der Waals surface area contributed by atoms with Crippen LogP contribution in [-0.4, -0.2) is 29.5 Å². The fourth-order valence-electron chi connectivity index (χ4n) is 2.38. The maximum atomic E-state index is 12.4. The molecule has 0 aliphatic carbocycles. The van der Waals surface area contributed by atoms with Gasteiger partial charge < -0.3 is 5.32 Å². The van der Waals surface area contributed by atoms with E-state index in [0.717, 1.165) is 5.69 Å². The number of carbonyl (C=O) groups is 1. The van der Waals surface area contributed by atoms with E-state index in [1.165, 1.54) is 36.7 Å². The summed E-state index contributed by atoms with van der Waals surface area (Å²) in [6.07, 6.45) is 2.98. The first-order valence-electron chi connectivity index (χ1n) is 8.55. The SMILES string of the molecule is CC(C)(C)c1cc(NC(=O)c2ccc(S(=O)(=O)Nc3ccncc3)cc2)n[nH]1. The summed E-state index contributed by atoms with van der Waals surface area (Å²) < 4.78 is 27.3. The molecule has 1 aromatic carbocycles. The van der Waals surface area contributed by atoms with E-state index in [1.807, 2.05) is 20.8 Å². The van der Waals surface area contributed by atoms with Crippen molar-refractivity contribution in [2.45, 2.75) is 31.1 Å². The second-order valence-corrected chi connectivity index (χ2v) is 8.92. The van der Waals surface area contributed by atoms with Crippen LogP contribution >= 0.6 is 0 Å². The van der Waals surface area contributed by atoms with Gasteiger partial charge in [-0.1, -0.05) is 20.8 Å². The smallest absolute Gasteiger partial charge is 0.261 e. The third kappa shape index (κ3) is 4.55. The molecule has 9 heteroatoms. The number of carbonyl (C=O) groups excluding carboxylic acids is 1. The Morgan fingerprint density at radius 1 is 1.04 bits per heavy atom. The van der Waals surface area contributed by atoms with Crippen molar-refractivity contribution >= 4 is 27.4 Å². The maximum absolute atomic E-state index is 12.4. The lowest BCUT2D eigenvalue weighted by atomic mass is 9.92. The molecule has 3 N–H and O–H groups in total. The third-order valence-corrected chi connectivity index (χ3v) is 5.38. The Morgan fingerprint density at radius 3 is 2.25 bits per heavy atom. The summed E-state index contributed by atoms with van der Waals surface area (Å²) in [5.41, 5.74) is 1.51. The minimum absolute atomic E-state index is 0.0515. The molecule has 0 saturated heterocycles. The van der Waals surface area contributed by atoms with E-state index in [4.69, 9.17) is 0 Å². The Kier molecular flexibility index (Phi) is 5.19. The van der Waals surface area contributed by atoms with Crippen LogP contribution in [0.4, 0.5) is 11.5 Å². The summed E-state index contributed by atoms with van der Waals surface area (Å²) >= 11 is 0. The average Bonchev–Trinajstić information content (AvgIpc) is 3.11. The van der Waals surface area contributed by atoms with Crippen molar-refractivity contribution in [3.05, 3.63) is 66.1 Å². The van der Waals surface area contributed by atoms with Gasteiger partial charge in [0.25, 0.3) is 15.9 Å². The molecule has 2 aromatic heterocycles. The molecule has 0 aliphatic rings. The van der Waals surface area contributed by atoms with Gasteiger partial charge in [-0.2, -0.15) is 5.10 Å². The molecule has 0 bridgehead atoms. The number of anilines is 2. The molecule has 0 saturated carbocycles. The van der Waals surface area contributed by atoms with Crippen LogP contribution in [0.2, 0.25) is 0 Å². The van der Waals surface area contributed by atoms with Gasteiger partial charge in [0, 0.05) is 35.1 Å². The lowest BCUT2D eigenvalue weighted by Gasteiger charge is -2.14. The van der Waals surface area contributed by atoms with Crippen LogP contribution in [0.25, 0.3) is 0 Å². The van der Waals surface area contributed by atoms with Crippen molar-refractivity contribution in [3.63, 3.8) is 0 Å². The predicted molar refractivity (Wildman–Crippen MR) is 107 cm³/mol. The molecule has 1 amide bonds. The summed E-state index contributed by atoms with van der Waals surface area (Å²) in [5, 5.41) is 9.68. The molecular weight excluding hydrogens is 378 g/mol. The van der Waals surface area contributed by atoms with Crippen LogP contribution in [0.3, 0.4) is 0 Å². The first kappa shape index (κ1) is 19.6. The van der Waals surface area contributed by atoms with Crippen molar-refractivity contribution in [1.82, 2.24) is 15.2 Å². The number of hydrogen-bond donors (Lipinski definition) is 3. The molecule has 0 spiro atoms. The summed E-state index contributed by atoms with van der Waals surface area (Å²) in [4.78, 5) is 16.3. The van der Waals surface area contributed by atoms with Gasteiger partial charge in [-0.15, -0.1) is 0 Å². The number of aromatic nitrogens is 3. The van der Waals surface area contributed by atoms with Gasteiger partial charge in [-0.3, -0.25) is 19.6 Å². The fraction of sp³-hybridized carbons (Fsp3) is 0.211. The quantitative estimate of drug-likeness (QED) is 0.609. The minimum atomic E-state index is -3.75. The Bertz CT molecular complexity index is 1070. The molecule has 146 valence electrons. The van der Waals surface area contributed by atoms with E-state index < -0.39 is 10.0 Å². The van der Waals surface area contributed by atoms with Gasteiger partial charge >= 0.3 is 0 Å². The van der Waals surface area contributed by atoms with Crippen LogP contribution in [0.15, 0.2) is 59.8 Å². The Balaban J connectivity index is 1.71. The highest BCUT2D eigenvalue weighted by Crippen LogP contribution is 2.22. The number of benzene rings is 1. The maximum Gasteiger partial charge on any atom is 0.261 e. The van der Waals surface area contributed by atoms with E-state index in [2.05, 4.69) is 25.2 Å². The number of sulfonamides is 1. The number of nitrogens with zero attached hydrogens (tertiary/aromatic N) is 2. The Morgan fingerprint density at radius 2 is 1.68 bits per heavy atom. The number of nitrogens with one attached hydrogen (secondary N) is 3. The summed E-state index contributed by atoms with van der Waals surface area (Å²) in [6, 6.07) is 10.5. The number of rotatable bonds is 5. The third-order valence-electron chi connectivity index (χ3n) is 3.99. The Labute approximate surface area is 163 Å². The first-order chi connectivity index (χ1) is 13.1. The normalized spacial score (nSPS) is 11.8. The van der Waals surface area contributed by atoms with Crippen molar-refractivity contribution in [1.29, 1.82) is 0 Å². The number of amides is 1. The average molecular weight is 399 g/mol. The highest BCUT2D eigenvalue weighted by atomic mass is 32.2. The van der Waals surface area contributed by atoms with Crippen LogP contribution in [0.5, 0.6) is 0 Å². The Hall–Kier alpha value is -3.20. The number of H-pyrrole nitrogens is 1. The molecule has 0 aliphatic heterocycles. The van der Waals surface area contributed by atoms with Crippen molar-refractivity contribution < 1.29 is 13.2 Å². The van der Waals surface area contributed by atoms with E-state index in [-0.39, 0.29) is 16.2 Å². The summed E-state index contributed by atoms with van der Waals surface area (Å²) in [5.74, 6) is 0.0315. The molecule has 3 aromatic rings. The van der Waals surface area contributed by atoms with E-state index in [9.17, 15) is 13.2 Å². The van der Waals surface area contributed by atoms with Gasteiger partial charge in [0.2, 0.25) is 0 Å². The molecule has 8 nitrogen and oxygen atoms in total. The second-order valence-electron chi connectivity index (χ2n) is 7.24. The topological polar surface area (TPSA) is 117 Å². The molecule has 3 rings (SSSR count). The zero-order valence-corrected chi connectivity index (χ0v) is 16.5. The standard InChI is InChI=1S/C19H21N5O3S/c1-19(2,3)16-12-17(23-22-16)21-18(25)13-4-6-15(7-5-13)28(26,27)24-14-8-10-20-11-9-14/h4-12H,1-3H3,(H,20,24)(H2,21,22,23,25). The van der Waals surface area contributed by atoms with Crippen LogP contribution < -0.4 is 10.0 Å². The molecule has 2 heterocycles. The van der Waals surface area contributed by atoms with E-state index >= 15 is 0 Å². The number of hydrogen-bond acceptors (Lipinski definition) is 5. The fourth-order valence-corrected chi connectivity index (χ4v) is 3.44. The monoisotopic (exact) mass is 399 g/mol. The minimum Gasteiger partial charge on any atom is -0.305 e. The zero-order chi connectivity index (χ0) is 20.4. The largest absolute Gasteiger partial charge is 0.305 e. The molecular formula is C19H21N5O3S.